The Morgan fingerprint density at radius 2 is 1.85 bits per heavy atom. The monoisotopic (exact) mass is 298 g/mol. The molecule has 0 bridgehead atoms. The van der Waals surface area contributed by atoms with Crippen LogP contribution in [0.25, 0.3) is 0 Å². The first-order valence-corrected chi connectivity index (χ1v) is 6.67. The van der Waals surface area contributed by atoms with Crippen LogP contribution >= 0.6 is 0 Å². The standard InChI is InChI=1S/C12H21F3N2O3/c13-12(14,15)10-2-1-3-17(8-10)11(20)9-16(4-6-18)5-7-19/h10,18-19H,1-9H2. The Morgan fingerprint density at radius 1 is 1.25 bits per heavy atom. The van der Waals surface area contributed by atoms with Crippen molar-refractivity contribution in [1.82, 2.24) is 9.80 Å². The van der Waals surface area contributed by atoms with Crippen LogP contribution in [0.15, 0.2) is 0 Å². The quantitative estimate of drug-likeness (QED) is 0.729. The van der Waals surface area contributed by atoms with E-state index in [0.717, 1.165) is 0 Å². The molecule has 5 nitrogen and oxygen atoms in total. The summed E-state index contributed by atoms with van der Waals surface area (Å²) in [5, 5.41) is 17.7. The van der Waals surface area contributed by atoms with E-state index in [1.54, 1.807) is 0 Å². The summed E-state index contributed by atoms with van der Waals surface area (Å²) < 4.78 is 38.0. The van der Waals surface area contributed by atoms with Crippen molar-refractivity contribution in [1.29, 1.82) is 0 Å². The fraction of sp³-hybridized carbons (Fsp3) is 0.917. The van der Waals surface area contributed by atoms with Crippen LogP contribution in [0.1, 0.15) is 12.8 Å². The zero-order valence-electron chi connectivity index (χ0n) is 11.3. The molecule has 0 saturated carbocycles. The number of carbonyl (C=O) groups is 1. The van der Waals surface area contributed by atoms with Crippen molar-refractivity contribution in [2.24, 2.45) is 5.92 Å². The largest absolute Gasteiger partial charge is 0.395 e. The highest BCUT2D eigenvalue weighted by Gasteiger charge is 2.42. The van der Waals surface area contributed by atoms with Gasteiger partial charge in [0.2, 0.25) is 5.91 Å². The van der Waals surface area contributed by atoms with Gasteiger partial charge in [-0.25, -0.2) is 0 Å². The lowest BCUT2D eigenvalue weighted by molar-refractivity contribution is -0.188. The van der Waals surface area contributed by atoms with E-state index in [0.29, 0.717) is 13.0 Å². The van der Waals surface area contributed by atoms with Crippen LogP contribution in [-0.2, 0) is 4.79 Å². The minimum atomic E-state index is -4.27. The maximum atomic E-state index is 12.7. The lowest BCUT2D eigenvalue weighted by Crippen LogP contribution is -2.48. The van der Waals surface area contributed by atoms with Gasteiger partial charge in [0.05, 0.1) is 25.7 Å². The van der Waals surface area contributed by atoms with Gasteiger partial charge in [0.1, 0.15) is 0 Å². The smallest absolute Gasteiger partial charge is 0.393 e. The van der Waals surface area contributed by atoms with E-state index >= 15 is 0 Å². The zero-order valence-corrected chi connectivity index (χ0v) is 11.3. The minimum absolute atomic E-state index is 0.0598. The van der Waals surface area contributed by atoms with Crippen molar-refractivity contribution in [3.05, 3.63) is 0 Å². The minimum Gasteiger partial charge on any atom is -0.395 e. The van der Waals surface area contributed by atoms with E-state index < -0.39 is 12.1 Å². The molecule has 0 radical (unpaired) electrons. The second-order valence-corrected chi connectivity index (χ2v) is 4.94. The number of piperidine rings is 1. The van der Waals surface area contributed by atoms with Gasteiger partial charge in [0.25, 0.3) is 0 Å². The molecule has 0 spiro atoms. The molecular formula is C12H21F3N2O3. The van der Waals surface area contributed by atoms with Gasteiger partial charge >= 0.3 is 6.18 Å². The fourth-order valence-corrected chi connectivity index (χ4v) is 2.31. The average Bonchev–Trinajstić information content (AvgIpc) is 2.38. The normalized spacial score (nSPS) is 20.5. The first-order valence-electron chi connectivity index (χ1n) is 6.67. The molecule has 1 fully saturated rings. The highest BCUT2D eigenvalue weighted by atomic mass is 19.4. The molecule has 0 aromatic rings. The van der Waals surface area contributed by atoms with Crippen LogP contribution in [0.2, 0.25) is 0 Å². The molecule has 20 heavy (non-hydrogen) atoms. The lowest BCUT2D eigenvalue weighted by atomic mass is 9.97. The molecule has 1 saturated heterocycles. The molecule has 8 heteroatoms. The van der Waals surface area contributed by atoms with Gasteiger partial charge in [0.15, 0.2) is 0 Å². The van der Waals surface area contributed by atoms with E-state index in [9.17, 15) is 18.0 Å². The van der Waals surface area contributed by atoms with Crippen LogP contribution in [0, 0.1) is 5.92 Å². The maximum absolute atomic E-state index is 12.7. The van der Waals surface area contributed by atoms with Crippen molar-refractivity contribution < 1.29 is 28.2 Å². The summed E-state index contributed by atoms with van der Waals surface area (Å²) in [4.78, 5) is 14.7. The molecule has 2 N–H and O–H groups in total. The summed E-state index contributed by atoms with van der Waals surface area (Å²) in [6, 6.07) is 0. The Balaban J connectivity index is 2.53. The molecular weight excluding hydrogens is 277 g/mol. The number of alkyl halides is 3. The van der Waals surface area contributed by atoms with Crippen molar-refractivity contribution in [2.45, 2.75) is 19.0 Å². The summed E-state index contributed by atoms with van der Waals surface area (Å²) in [7, 11) is 0. The molecule has 1 unspecified atom stereocenters. The van der Waals surface area contributed by atoms with Crippen LogP contribution in [0.4, 0.5) is 13.2 Å². The van der Waals surface area contributed by atoms with Gasteiger partial charge in [0, 0.05) is 26.2 Å². The molecule has 1 heterocycles. The second-order valence-electron chi connectivity index (χ2n) is 4.94. The van der Waals surface area contributed by atoms with Gasteiger partial charge in [-0.3, -0.25) is 9.69 Å². The average molecular weight is 298 g/mol. The lowest BCUT2D eigenvalue weighted by Gasteiger charge is -2.35. The predicted octanol–water partition coefficient (Wildman–Crippen LogP) is 0.0739. The van der Waals surface area contributed by atoms with Crippen LogP contribution in [-0.4, -0.2) is 78.0 Å². The molecule has 0 aromatic carbocycles. The Morgan fingerprint density at radius 3 is 2.35 bits per heavy atom. The van der Waals surface area contributed by atoms with Gasteiger partial charge in [-0.2, -0.15) is 13.2 Å². The summed E-state index contributed by atoms with van der Waals surface area (Å²) in [6.45, 7) is 0.0419. The number of rotatable bonds is 6. The molecule has 118 valence electrons. The first kappa shape index (κ1) is 17.2. The highest BCUT2D eigenvalue weighted by Crippen LogP contribution is 2.33. The van der Waals surface area contributed by atoms with E-state index in [1.165, 1.54) is 9.80 Å². The van der Waals surface area contributed by atoms with Gasteiger partial charge in [-0.15, -0.1) is 0 Å². The third-order valence-electron chi connectivity index (χ3n) is 3.43. The maximum Gasteiger partial charge on any atom is 0.393 e. The van der Waals surface area contributed by atoms with Gasteiger partial charge in [-0.1, -0.05) is 0 Å². The zero-order chi connectivity index (χ0) is 15.2. The van der Waals surface area contributed by atoms with Gasteiger partial charge < -0.3 is 15.1 Å². The Labute approximate surface area is 116 Å². The van der Waals surface area contributed by atoms with E-state index in [4.69, 9.17) is 10.2 Å². The first-order chi connectivity index (χ1) is 9.38. The molecule has 0 aromatic heterocycles. The van der Waals surface area contributed by atoms with Crippen LogP contribution < -0.4 is 0 Å². The van der Waals surface area contributed by atoms with E-state index in [-0.39, 0.29) is 51.7 Å². The third-order valence-corrected chi connectivity index (χ3v) is 3.43. The molecule has 1 aliphatic heterocycles. The number of halogens is 3. The van der Waals surface area contributed by atoms with Crippen molar-refractivity contribution in [2.75, 3.05) is 45.9 Å². The number of nitrogens with zero attached hydrogens (tertiary/aromatic N) is 2. The van der Waals surface area contributed by atoms with Crippen molar-refractivity contribution in [3.8, 4) is 0 Å². The Kier molecular flexibility index (Phi) is 6.70. The summed E-state index contributed by atoms with van der Waals surface area (Å²) in [5.41, 5.74) is 0. The SMILES string of the molecule is O=C(CN(CCO)CCO)N1CCCC(C(F)(F)F)C1. The number of carbonyl (C=O) groups excluding carboxylic acids is 1. The number of hydrogen-bond donors (Lipinski definition) is 2. The van der Waals surface area contributed by atoms with E-state index in [1.807, 2.05) is 0 Å². The molecule has 0 aliphatic carbocycles. The number of aliphatic hydroxyl groups excluding tert-OH is 2. The number of likely N-dealkylation sites (tertiary alicyclic amines) is 1. The predicted molar refractivity (Wildman–Crippen MR) is 66.0 cm³/mol. The molecule has 1 atom stereocenters. The topological polar surface area (TPSA) is 64.0 Å². The Bertz CT molecular complexity index is 307. The highest BCUT2D eigenvalue weighted by molar-refractivity contribution is 5.78. The number of amides is 1. The fourth-order valence-electron chi connectivity index (χ4n) is 2.31. The third kappa shape index (κ3) is 5.26. The molecule has 1 amide bonds. The molecule has 1 rings (SSSR count). The second kappa shape index (κ2) is 7.80. The number of hydrogen-bond acceptors (Lipinski definition) is 4. The Hall–Kier alpha value is -0.860. The van der Waals surface area contributed by atoms with E-state index in [2.05, 4.69) is 0 Å². The van der Waals surface area contributed by atoms with Gasteiger partial charge in [-0.05, 0) is 12.8 Å². The van der Waals surface area contributed by atoms with Crippen LogP contribution in [0.5, 0.6) is 0 Å². The summed E-state index contributed by atoms with van der Waals surface area (Å²) in [5.74, 6) is -1.84. The van der Waals surface area contributed by atoms with Crippen LogP contribution in [0.3, 0.4) is 0 Å². The van der Waals surface area contributed by atoms with Crippen molar-refractivity contribution >= 4 is 5.91 Å². The van der Waals surface area contributed by atoms with Crippen molar-refractivity contribution in [3.63, 3.8) is 0 Å². The summed E-state index contributed by atoms with van der Waals surface area (Å²) in [6.07, 6.45) is -3.87. The number of aliphatic hydroxyl groups is 2. The summed E-state index contributed by atoms with van der Waals surface area (Å²) >= 11 is 0. The molecule has 1 aliphatic rings.